The molecule has 3 heteroatoms. The van der Waals surface area contributed by atoms with E-state index < -0.39 is 0 Å². The lowest BCUT2D eigenvalue weighted by atomic mass is 9.99. The van der Waals surface area contributed by atoms with Crippen LogP contribution in [0.5, 0.6) is 0 Å². The third kappa shape index (κ3) is 2.80. The molecule has 19 heavy (non-hydrogen) atoms. The quantitative estimate of drug-likeness (QED) is 0.738. The van der Waals surface area contributed by atoms with E-state index in [1.54, 1.807) is 0 Å². The van der Waals surface area contributed by atoms with Crippen molar-refractivity contribution in [2.45, 2.75) is 12.3 Å². The van der Waals surface area contributed by atoms with E-state index in [2.05, 4.69) is 51.2 Å². The van der Waals surface area contributed by atoms with Crippen molar-refractivity contribution in [3.8, 4) is 0 Å². The summed E-state index contributed by atoms with van der Waals surface area (Å²) >= 11 is 9.76. The van der Waals surface area contributed by atoms with Gasteiger partial charge in [-0.05, 0) is 36.2 Å². The van der Waals surface area contributed by atoms with Crippen molar-refractivity contribution >= 4 is 33.2 Å². The SMILES string of the molecule is Clc1ccccc1N1CCC(c2ccc(Br)cc2)C1. The molecular weight excluding hydrogens is 322 g/mol. The summed E-state index contributed by atoms with van der Waals surface area (Å²) in [5.41, 5.74) is 2.57. The molecule has 0 aliphatic carbocycles. The van der Waals surface area contributed by atoms with Crippen molar-refractivity contribution in [1.29, 1.82) is 0 Å². The molecule has 2 aromatic carbocycles. The second kappa shape index (κ2) is 5.56. The highest BCUT2D eigenvalue weighted by molar-refractivity contribution is 9.10. The molecule has 1 saturated heterocycles. The van der Waals surface area contributed by atoms with Crippen LogP contribution in [-0.4, -0.2) is 13.1 Å². The van der Waals surface area contributed by atoms with Crippen LogP contribution in [0.4, 0.5) is 5.69 Å². The lowest BCUT2D eigenvalue weighted by Crippen LogP contribution is -2.19. The van der Waals surface area contributed by atoms with E-state index in [9.17, 15) is 0 Å². The Hall–Kier alpha value is -0.990. The first kappa shape index (κ1) is 13.0. The standard InChI is InChI=1S/C16H15BrClN/c17-14-7-5-12(6-8-14)13-9-10-19(11-13)16-4-2-1-3-15(16)18/h1-8,13H,9-11H2. The van der Waals surface area contributed by atoms with E-state index >= 15 is 0 Å². The van der Waals surface area contributed by atoms with Gasteiger partial charge in [-0.1, -0.05) is 51.8 Å². The van der Waals surface area contributed by atoms with Crippen LogP contribution in [0.25, 0.3) is 0 Å². The van der Waals surface area contributed by atoms with Gasteiger partial charge in [0.15, 0.2) is 0 Å². The van der Waals surface area contributed by atoms with Crippen molar-refractivity contribution in [2.75, 3.05) is 18.0 Å². The Kier molecular flexibility index (Phi) is 3.81. The zero-order chi connectivity index (χ0) is 13.2. The molecule has 0 saturated carbocycles. The number of benzene rings is 2. The Bertz CT molecular complexity index is 567. The topological polar surface area (TPSA) is 3.24 Å². The largest absolute Gasteiger partial charge is 0.370 e. The maximum Gasteiger partial charge on any atom is 0.0639 e. The van der Waals surface area contributed by atoms with Gasteiger partial charge < -0.3 is 4.90 Å². The zero-order valence-corrected chi connectivity index (χ0v) is 12.9. The maximum absolute atomic E-state index is 6.27. The van der Waals surface area contributed by atoms with E-state index in [0.29, 0.717) is 5.92 Å². The molecule has 98 valence electrons. The number of para-hydroxylation sites is 1. The fourth-order valence-corrected chi connectivity index (χ4v) is 3.21. The van der Waals surface area contributed by atoms with Crippen LogP contribution in [0.15, 0.2) is 53.0 Å². The summed E-state index contributed by atoms with van der Waals surface area (Å²) in [7, 11) is 0. The van der Waals surface area contributed by atoms with Gasteiger partial charge in [-0.2, -0.15) is 0 Å². The number of rotatable bonds is 2. The average molecular weight is 337 g/mol. The van der Waals surface area contributed by atoms with Crippen molar-refractivity contribution in [3.05, 3.63) is 63.6 Å². The monoisotopic (exact) mass is 335 g/mol. The molecule has 1 nitrogen and oxygen atoms in total. The minimum absolute atomic E-state index is 0.601. The molecule has 0 aromatic heterocycles. The van der Waals surface area contributed by atoms with Gasteiger partial charge >= 0.3 is 0 Å². The van der Waals surface area contributed by atoms with Crippen LogP contribution in [0.1, 0.15) is 17.9 Å². The minimum atomic E-state index is 0.601. The highest BCUT2D eigenvalue weighted by Crippen LogP contribution is 2.34. The van der Waals surface area contributed by atoms with Crippen LogP contribution in [-0.2, 0) is 0 Å². The normalized spacial score (nSPS) is 18.8. The van der Waals surface area contributed by atoms with Gasteiger partial charge in [-0.3, -0.25) is 0 Å². The Morgan fingerprint density at radius 1 is 1.05 bits per heavy atom. The van der Waals surface area contributed by atoms with Crippen LogP contribution in [0.3, 0.4) is 0 Å². The molecule has 1 atom stereocenters. The van der Waals surface area contributed by atoms with Gasteiger partial charge in [0, 0.05) is 23.5 Å². The molecule has 2 aromatic rings. The van der Waals surface area contributed by atoms with Gasteiger partial charge in [0.1, 0.15) is 0 Å². The molecule has 0 spiro atoms. The number of nitrogens with zero attached hydrogens (tertiary/aromatic N) is 1. The average Bonchev–Trinajstić information content (AvgIpc) is 2.89. The van der Waals surface area contributed by atoms with Gasteiger partial charge in [0.05, 0.1) is 10.7 Å². The summed E-state index contributed by atoms with van der Waals surface area (Å²) < 4.78 is 1.14. The molecule has 1 heterocycles. The second-order valence-electron chi connectivity index (χ2n) is 4.93. The molecule has 1 aliphatic heterocycles. The van der Waals surface area contributed by atoms with Crippen LogP contribution in [0.2, 0.25) is 5.02 Å². The van der Waals surface area contributed by atoms with E-state index in [1.165, 1.54) is 12.0 Å². The lowest BCUT2D eigenvalue weighted by Gasteiger charge is -2.20. The highest BCUT2D eigenvalue weighted by Gasteiger charge is 2.24. The van der Waals surface area contributed by atoms with Crippen molar-refractivity contribution in [2.24, 2.45) is 0 Å². The van der Waals surface area contributed by atoms with E-state index in [0.717, 1.165) is 28.3 Å². The Morgan fingerprint density at radius 3 is 2.53 bits per heavy atom. The van der Waals surface area contributed by atoms with Crippen LogP contribution < -0.4 is 4.90 Å². The summed E-state index contributed by atoms with van der Waals surface area (Å²) in [5.74, 6) is 0.601. The van der Waals surface area contributed by atoms with Gasteiger partial charge in [0.2, 0.25) is 0 Å². The molecule has 3 rings (SSSR count). The number of hydrogen-bond acceptors (Lipinski definition) is 1. The predicted octanol–water partition coefficient (Wildman–Crippen LogP) is 5.10. The molecule has 0 bridgehead atoms. The first-order chi connectivity index (χ1) is 9.24. The van der Waals surface area contributed by atoms with Gasteiger partial charge in [-0.15, -0.1) is 0 Å². The Morgan fingerprint density at radius 2 is 1.79 bits per heavy atom. The highest BCUT2D eigenvalue weighted by atomic mass is 79.9. The molecule has 0 N–H and O–H groups in total. The first-order valence-electron chi connectivity index (χ1n) is 6.49. The fraction of sp³-hybridized carbons (Fsp3) is 0.250. The Balaban J connectivity index is 1.77. The predicted molar refractivity (Wildman–Crippen MR) is 85.2 cm³/mol. The molecule has 1 fully saturated rings. The van der Waals surface area contributed by atoms with Crippen molar-refractivity contribution < 1.29 is 0 Å². The molecule has 1 unspecified atom stereocenters. The smallest absolute Gasteiger partial charge is 0.0639 e. The number of anilines is 1. The third-order valence-electron chi connectivity index (χ3n) is 3.72. The second-order valence-corrected chi connectivity index (χ2v) is 6.26. The maximum atomic E-state index is 6.27. The lowest BCUT2D eigenvalue weighted by molar-refractivity contribution is 0.775. The summed E-state index contributed by atoms with van der Waals surface area (Å²) in [5, 5.41) is 0.846. The molecule has 0 amide bonds. The van der Waals surface area contributed by atoms with Crippen LogP contribution in [0, 0.1) is 0 Å². The minimum Gasteiger partial charge on any atom is -0.370 e. The fourth-order valence-electron chi connectivity index (χ4n) is 2.69. The molecule has 0 radical (unpaired) electrons. The van der Waals surface area contributed by atoms with Crippen LogP contribution >= 0.6 is 27.5 Å². The summed E-state index contributed by atoms with van der Waals surface area (Å²) in [6, 6.07) is 16.8. The van der Waals surface area contributed by atoms with E-state index in [1.807, 2.05) is 18.2 Å². The summed E-state index contributed by atoms with van der Waals surface area (Å²) in [6.07, 6.45) is 1.19. The van der Waals surface area contributed by atoms with E-state index in [4.69, 9.17) is 11.6 Å². The van der Waals surface area contributed by atoms with Crippen molar-refractivity contribution in [3.63, 3.8) is 0 Å². The summed E-state index contributed by atoms with van der Waals surface area (Å²) in [4.78, 5) is 2.38. The van der Waals surface area contributed by atoms with E-state index in [-0.39, 0.29) is 0 Å². The molecule has 1 aliphatic rings. The van der Waals surface area contributed by atoms with Gasteiger partial charge in [-0.25, -0.2) is 0 Å². The van der Waals surface area contributed by atoms with Crippen molar-refractivity contribution in [1.82, 2.24) is 0 Å². The number of hydrogen-bond donors (Lipinski definition) is 0. The first-order valence-corrected chi connectivity index (χ1v) is 7.66. The number of halogens is 2. The third-order valence-corrected chi connectivity index (χ3v) is 4.57. The molecular formula is C16H15BrClN. The Labute approximate surface area is 127 Å². The summed E-state index contributed by atoms with van der Waals surface area (Å²) in [6.45, 7) is 2.12. The zero-order valence-electron chi connectivity index (χ0n) is 10.5. The van der Waals surface area contributed by atoms with Gasteiger partial charge in [0.25, 0.3) is 0 Å².